The van der Waals surface area contributed by atoms with Gasteiger partial charge in [-0.05, 0) is 43.7 Å². The van der Waals surface area contributed by atoms with Gasteiger partial charge in [0.05, 0.1) is 0 Å². The largest absolute Gasteiger partial charge is 0.369 e. The van der Waals surface area contributed by atoms with Gasteiger partial charge in [0.2, 0.25) is 5.91 Å². The molecule has 0 atom stereocenters. The number of hydrogen-bond donors (Lipinski definition) is 0. The normalized spacial score (nSPS) is 14.3. The minimum Gasteiger partial charge on any atom is -0.369 e. The van der Waals surface area contributed by atoms with Gasteiger partial charge in [-0.1, -0.05) is 19.9 Å². The molecule has 1 aromatic rings. The van der Waals surface area contributed by atoms with E-state index in [1.165, 1.54) is 6.08 Å². The SMILES string of the molecule is C=CCC1=C(C(C)(C)CC(=O)N(C)c2ccc(N(CCCl)CCCl)cc2)C(=O)C(C)=CC1=O. The number of rotatable bonds is 11. The van der Waals surface area contributed by atoms with Crippen molar-refractivity contribution in [3.05, 3.63) is 59.7 Å². The van der Waals surface area contributed by atoms with E-state index in [-0.39, 0.29) is 23.9 Å². The van der Waals surface area contributed by atoms with Gasteiger partial charge in [0.25, 0.3) is 0 Å². The lowest BCUT2D eigenvalue weighted by Crippen LogP contribution is -2.35. The van der Waals surface area contributed by atoms with Gasteiger partial charge < -0.3 is 9.80 Å². The van der Waals surface area contributed by atoms with Gasteiger partial charge in [0, 0.05) is 71.8 Å². The zero-order valence-corrected chi connectivity index (χ0v) is 21.3. The van der Waals surface area contributed by atoms with Gasteiger partial charge >= 0.3 is 0 Å². The maximum Gasteiger partial charge on any atom is 0.227 e. The summed E-state index contributed by atoms with van der Waals surface area (Å²) in [6, 6.07) is 7.62. The summed E-state index contributed by atoms with van der Waals surface area (Å²) in [5.41, 5.74) is 2.12. The molecule has 1 aromatic carbocycles. The van der Waals surface area contributed by atoms with E-state index in [4.69, 9.17) is 23.2 Å². The van der Waals surface area contributed by atoms with Crippen molar-refractivity contribution in [1.29, 1.82) is 0 Å². The molecule has 5 nitrogen and oxygen atoms in total. The fourth-order valence-electron chi connectivity index (χ4n) is 4.06. The number of halogens is 2. The minimum atomic E-state index is -0.816. The van der Waals surface area contributed by atoms with Gasteiger partial charge in [0.1, 0.15) is 0 Å². The Bertz CT molecular complexity index is 972. The Kier molecular flexibility index (Phi) is 9.50. The van der Waals surface area contributed by atoms with Crippen molar-refractivity contribution in [2.75, 3.05) is 41.7 Å². The van der Waals surface area contributed by atoms with E-state index in [1.54, 1.807) is 24.9 Å². The third-order valence-electron chi connectivity index (χ3n) is 5.84. The number of allylic oxidation sites excluding steroid dienone is 5. The molecule has 0 saturated carbocycles. The van der Waals surface area contributed by atoms with E-state index in [9.17, 15) is 14.4 Å². The first kappa shape index (κ1) is 26.9. The molecule has 2 rings (SSSR count). The maximum absolute atomic E-state index is 13.2. The summed E-state index contributed by atoms with van der Waals surface area (Å²) in [7, 11) is 1.71. The number of amides is 1. The summed E-state index contributed by atoms with van der Waals surface area (Å²) in [4.78, 5) is 42.4. The summed E-state index contributed by atoms with van der Waals surface area (Å²) >= 11 is 11.8. The maximum atomic E-state index is 13.2. The van der Waals surface area contributed by atoms with E-state index in [0.717, 1.165) is 11.4 Å². The number of carbonyl (C=O) groups is 3. The average Bonchev–Trinajstić information content (AvgIpc) is 2.76. The van der Waals surface area contributed by atoms with E-state index in [1.807, 2.05) is 38.1 Å². The highest BCUT2D eigenvalue weighted by Gasteiger charge is 2.38. The molecule has 0 fully saturated rings. The van der Waals surface area contributed by atoms with Crippen LogP contribution in [0.2, 0.25) is 0 Å². The summed E-state index contributed by atoms with van der Waals surface area (Å²) in [6.07, 6.45) is 3.35. The third-order valence-corrected chi connectivity index (χ3v) is 6.17. The van der Waals surface area contributed by atoms with Gasteiger partial charge in [-0.15, -0.1) is 29.8 Å². The van der Waals surface area contributed by atoms with E-state index >= 15 is 0 Å². The first-order chi connectivity index (χ1) is 15.6. The molecule has 0 N–H and O–H groups in total. The highest BCUT2D eigenvalue weighted by Crippen LogP contribution is 2.39. The Morgan fingerprint density at radius 1 is 1.06 bits per heavy atom. The standard InChI is InChI=1S/C26H32Cl2N2O3/c1-6-7-21-22(31)16-18(2)25(33)24(21)26(3,4)17-23(32)29(5)19-8-10-20(11-9-19)30(14-12-27)15-13-28/h6,8-11,16H,1,7,12-15,17H2,2-5H3. The molecular formula is C26H32Cl2N2O3. The summed E-state index contributed by atoms with van der Waals surface area (Å²) in [5, 5.41) is 0. The molecule has 0 bridgehead atoms. The lowest BCUT2D eigenvalue weighted by Gasteiger charge is -2.32. The molecule has 1 amide bonds. The smallest absolute Gasteiger partial charge is 0.227 e. The highest BCUT2D eigenvalue weighted by atomic mass is 35.5. The number of ketones is 2. The van der Waals surface area contributed by atoms with Crippen LogP contribution in [-0.4, -0.2) is 49.4 Å². The molecule has 178 valence electrons. The second-order valence-electron chi connectivity index (χ2n) is 8.76. The van der Waals surface area contributed by atoms with Crippen molar-refractivity contribution in [2.45, 2.75) is 33.6 Å². The van der Waals surface area contributed by atoms with Gasteiger partial charge in [-0.2, -0.15) is 0 Å². The Morgan fingerprint density at radius 3 is 2.12 bits per heavy atom. The van der Waals surface area contributed by atoms with Crippen LogP contribution in [0.25, 0.3) is 0 Å². The Hall–Kier alpha value is -2.37. The Labute approximate surface area is 206 Å². The number of anilines is 2. The van der Waals surface area contributed by atoms with Gasteiger partial charge in [-0.25, -0.2) is 0 Å². The average molecular weight is 491 g/mol. The number of alkyl halides is 2. The van der Waals surface area contributed by atoms with Crippen LogP contribution in [-0.2, 0) is 14.4 Å². The van der Waals surface area contributed by atoms with Crippen LogP contribution in [0.15, 0.2) is 59.7 Å². The molecule has 33 heavy (non-hydrogen) atoms. The first-order valence-corrected chi connectivity index (χ1v) is 12.0. The predicted octanol–water partition coefficient (Wildman–Crippen LogP) is 5.32. The van der Waals surface area contributed by atoms with Crippen LogP contribution in [0.4, 0.5) is 11.4 Å². The molecular weight excluding hydrogens is 459 g/mol. The molecule has 0 spiro atoms. The van der Waals surface area contributed by atoms with Gasteiger partial charge in [-0.3, -0.25) is 14.4 Å². The lowest BCUT2D eigenvalue weighted by atomic mass is 9.71. The fraction of sp³-hybridized carbons (Fsp3) is 0.423. The van der Waals surface area contributed by atoms with Crippen molar-refractivity contribution in [1.82, 2.24) is 0 Å². The summed E-state index contributed by atoms with van der Waals surface area (Å²) < 4.78 is 0. The van der Waals surface area contributed by atoms with Crippen molar-refractivity contribution < 1.29 is 14.4 Å². The monoisotopic (exact) mass is 490 g/mol. The van der Waals surface area contributed by atoms with Crippen LogP contribution >= 0.6 is 23.2 Å². The zero-order valence-electron chi connectivity index (χ0n) is 19.8. The molecule has 0 saturated heterocycles. The molecule has 7 heteroatoms. The van der Waals surface area contributed by atoms with Crippen molar-refractivity contribution in [3.8, 4) is 0 Å². The zero-order chi connectivity index (χ0) is 24.8. The Morgan fingerprint density at radius 2 is 1.61 bits per heavy atom. The quantitative estimate of drug-likeness (QED) is 0.239. The van der Waals surface area contributed by atoms with Crippen LogP contribution in [0.3, 0.4) is 0 Å². The first-order valence-electron chi connectivity index (χ1n) is 10.9. The van der Waals surface area contributed by atoms with E-state index in [2.05, 4.69) is 11.5 Å². The molecule has 0 heterocycles. The number of hydrogen-bond acceptors (Lipinski definition) is 4. The van der Waals surface area contributed by atoms with E-state index in [0.29, 0.717) is 48.0 Å². The van der Waals surface area contributed by atoms with Crippen LogP contribution in [0, 0.1) is 5.41 Å². The molecule has 0 aliphatic heterocycles. The molecule has 0 radical (unpaired) electrons. The molecule has 1 aliphatic carbocycles. The van der Waals surface area contributed by atoms with Gasteiger partial charge in [0.15, 0.2) is 11.6 Å². The fourth-order valence-corrected chi connectivity index (χ4v) is 4.47. The number of nitrogens with zero attached hydrogens (tertiary/aromatic N) is 2. The van der Waals surface area contributed by atoms with Crippen LogP contribution < -0.4 is 9.80 Å². The van der Waals surface area contributed by atoms with Crippen molar-refractivity contribution >= 4 is 52.1 Å². The van der Waals surface area contributed by atoms with Crippen LogP contribution in [0.1, 0.15) is 33.6 Å². The summed E-state index contributed by atoms with van der Waals surface area (Å²) in [5.74, 6) is 0.459. The predicted molar refractivity (Wildman–Crippen MR) is 138 cm³/mol. The summed E-state index contributed by atoms with van der Waals surface area (Å²) in [6.45, 7) is 10.4. The number of carbonyl (C=O) groups excluding carboxylic acids is 3. The Balaban J connectivity index is 2.25. The van der Waals surface area contributed by atoms with Crippen molar-refractivity contribution in [3.63, 3.8) is 0 Å². The van der Waals surface area contributed by atoms with E-state index < -0.39 is 5.41 Å². The second kappa shape index (κ2) is 11.7. The third kappa shape index (κ3) is 6.36. The topological polar surface area (TPSA) is 57.7 Å². The van der Waals surface area contributed by atoms with Crippen LogP contribution in [0.5, 0.6) is 0 Å². The highest BCUT2D eigenvalue weighted by molar-refractivity contribution is 6.23. The second-order valence-corrected chi connectivity index (χ2v) is 9.52. The lowest BCUT2D eigenvalue weighted by molar-refractivity contribution is -0.120. The minimum absolute atomic E-state index is 0.0815. The molecule has 0 unspecified atom stereocenters. The number of benzene rings is 1. The van der Waals surface area contributed by atoms with Crippen molar-refractivity contribution in [2.24, 2.45) is 5.41 Å². The number of Topliss-reactive ketones (excluding diaryl/α,β-unsaturated/α-hetero) is 1. The molecule has 1 aliphatic rings. The molecule has 0 aromatic heterocycles.